The van der Waals surface area contributed by atoms with Gasteiger partial charge in [-0.3, -0.25) is 19.2 Å². The third-order valence-corrected chi connectivity index (χ3v) is 11.7. The first kappa shape index (κ1) is 43.1. The maximum atomic E-state index is 14.3. The standard InChI is InChI=1S/C35H63N7O7S/c1-10-20-36-32(45)30(43)26-18-16-14-12-11-13-15-17-19-27(33(46)42-22-25(24(2)3)21-28(42)31(44)37-26)38-34(47)39-29(35(4,5)6)23-41(9)50(48,49)40(7)8/h10,24-29H,1,11-23H2,2-9H3,(H,36,45)(H,37,44)(H2,38,39,47)/t25-,26+,27+,28+,29-/m1/s1. The van der Waals surface area contributed by atoms with E-state index < -0.39 is 63.4 Å². The molecule has 50 heavy (non-hydrogen) atoms. The number of hydrogen-bond acceptors (Lipinski definition) is 7. The summed E-state index contributed by atoms with van der Waals surface area (Å²) in [6.45, 7) is 13.8. The Morgan fingerprint density at radius 1 is 1.00 bits per heavy atom. The molecule has 2 aliphatic rings. The highest BCUT2D eigenvalue weighted by Gasteiger charge is 2.44. The van der Waals surface area contributed by atoms with Gasteiger partial charge >= 0.3 is 6.03 Å². The van der Waals surface area contributed by atoms with Crippen molar-refractivity contribution in [2.45, 2.75) is 123 Å². The number of fused-ring (bicyclic) bond motifs is 1. The molecule has 0 radical (unpaired) electrons. The highest BCUT2D eigenvalue weighted by molar-refractivity contribution is 7.86. The van der Waals surface area contributed by atoms with Gasteiger partial charge in [-0.2, -0.15) is 17.0 Å². The summed E-state index contributed by atoms with van der Waals surface area (Å²) in [5.41, 5.74) is -0.531. The summed E-state index contributed by atoms with van der Waals surface area (Å²) in [5.74, 6) is -2.23. The first-order chi connectivity index (χ1) is 23.3. The number of ketones is 1. The van der Waals surface area contributed by atoms with Crippen molar-refractivity contribution in [1.82, 2.24) is 34.8 Å². The maximum Gasteiger partial charge on any atom is 0.315 e. The fraction of sp³-hybridized carbons (Fsp3) is 0.800. The topological polar surface area (TPSA) is 177 Å². The molecule has 286 valence electrons. The van der Waals surface area contributed by atoms with E-state index in [0.29, 0.717) is 38.6 Å². The molecule has 0 aliphatic carbocycles. The lowest BCUT2D eigenvalue weighted by Crippen LogP contribution is -2.59. The van der Waals surface area contributed by atoms with Crippen molar-refractivity contribution in [3.8, 4) is 0 Å². The van der Waals surface area contributed by atoms with Crippen LogP contribution >= 0.6 is 0 Å². The average molecular weight is 726 g/mol. The Labute approximate surface area is 300 Å². The molecule has 4 N–H and O–H groups in total. The summed E-state index contributed by atoms with van der Waals surface area (Å²) in [6.07, 6.45) is 8.42. The van der Waals surface area contributed by atoms with Gasteiger partial charge in [-0.05, 0) is 36.5 Å². The zero-order valence-corrected chi connectivity index (χ0v) is 32.4. The molecule has 14 nitrogen and oxygen atoms in total. The van der Waals surface area contributed by atoms with Crippen LogP contribution in [0.2, 0.25) is 0 Å². The highest BCUT2D eigenvalue weighted by Crippen LogP contribution is 2.31. The Balaban J connectivity index is 2.38. The number of amides is 5. The van der Waals surface area contributed by atoms with E-state index >= 15 is 0 Å². The Hall–Kier alpha value is -3.04. The van der Waals surface area contributed by atoms with Gasteiger partial charge in [0, 0.05) is 46.8 Å². The molecule has 2 fully saturated rings. The quantitative estimate of drug-likeness (QED) is 0.187. The van der Waals surface area contributed by atoms with Gasteiger partial charge in [0.1, 0.15) is 12.1 Å². The third kappa shape index (κ3) is 12.6. The van der Waals surface area contributed by atoms with Gasteiger partial charge in [0.25, 0.3) is 16.1 Å². The number of Topliss-reactive ketones (excluding diaryl/α,β-unsaturated/α-hetero) is 1. The lowest BCUT2D eigenvalue weighted by atomic mass is 9.87. The van der Waals surface area contributed by atoms with Gasteiger partial charge in [-0.15, -0.1) is 6.58 Å². The van der Waals surface area contributed by atoms with Gasteiger partial charge in [0.05, 0.1) is 6.04 Å². The van der Waals surface area contributed by atoms with E-state index in [0.717, 1.165) is 36.4 Å². The lowest BCUT2D eigenvalue weighted by Gasteiger charge is -2.35. The predicted molar refractivity (Wildman–Crippen MR) is 194 cm³/mol. The summed E-state index contributed by atoms with van der Waals surface area (Å²) in [4.78, 5) is 69.1. The van der Waals surface area contributed by atoms with E-state index in [2.05, 4.69) is 27.8 Å². The van der Waals surface area contributed by atoms with Crippen molar-refractivity contribution < 1.29 is 32.4 Å². The molecule has 0 unspecified atom stereocenters. The second kappa shape index (κ2) is 19.5. The van der Waals surface area contributed by atoms with Gasteiger partial charge in [0.2, 0.25) is 17.6 Å². The second-order valence-corrected chi connectivity index (χ2v) is 17.6. The van der Waals surface area contributed by atoms with Crippen molar-refractivity contribution >= 4 is 39.7 Å². The van der Waals surface area contributed by atoms with Crippen LogP contribution in [0.4, 0.5) is 4.79 Å². The van der Waals surface area contributed by atoms with Crippen molar-refractivity contribution in [3.05, 3.63) is 12.7 Å². The smallest absolute Gasteiger partial charge is 0.315 e. The van der Waals surface area contributed by atoms with Crippen molar-refractivity contribution in [2.24, 2.45) is 17.3 Å². The third-order valence-electron chi connectivity index (χ3n) is 9.86. The molecule has 15 heteroatoms. The van der Waals surface area contributed by atoms with E-state index in [-0.39, 0.29) is 30.8 Å². The van der Waals surface area contributed by atoms with Gasteiger partial charge in [0.15, 0.2) is 0 Å². The first-order valence-electron chi connectivity index (χ1n) is 18.1. The fourth-order valence-electron chi connectivity index (χ4n) is 6.35. The van der Waals surface area contributed by atoms with Crippen LogP contribution in [0.15, 0.2) is 12.7 Å². The summed E-state index contributed by atoms with van der Waals surface area (Å²) >= 11 is 0. The van der Waals surface area contributed by atoms with Crippen LogP contribution in [0.25, 0.3) is 0 Å². The molecule has 0 bridgehead atoms. The summed E-state index contributed by atoms with van der Waals surface area (Å²) < 4.78 is 27.8. The van der Waals surface area contributed by atoms with Crippen LogP contribution in [0.1, 0.15) is 98.8 Å². The lowest BCUT2D eigenvalue weighted by molar-refractivity contribution is -0.142. The van der Waals surface area contributed by atoms with E-state index in [1.54, 1.807) is 0 Å². The number of hydrogen-bond donors (Lipinski definition) is 4. The molecule has 0 spiro atoms. The zero-order valence-electron chi connectivity index (χ0n) is 31.5. The van der Waals surface area contributed by atoms with Crippen molar-refractivity contribution in [1.29, 1.82) is 0 Å². The minimum absolute atomic E-state index is 0.00594. The Morgan fingerprint density at radius 3 is 2.12 bits per heavy atom. The van der Waals surface area contributed by atoms with Crippen LogP contribution in [0.3, 0.4) is 0 Å². The van der Waals surface area contributed by atoms with E-state index in [9.17, 15) is 32.4 Å². The molecule has 0 saturated carbocycles. The first-order valence-corrected chi connectivity index (χ1v) is 19.5. The van der Waals surface area contributed by atoms with E-state index in [1.165, 1.54) is 36.4 Å². The number of urea groups is 1. The van der Waals surface area contributed by atoms with Crippen LogP contribution in [0, 0.1) is 17.3 Å². The summed E-state index contributed by atoms with van der Waals surface area (Å²) in [6, 6.07) is -4.05. The molecular weight excluding hydrogens is 662 g/mol. The van der Waals surface area contributed by atoms with Gasteiger partial charge < -0.3 is 26.2 Å². The van der Waals surface area contributed by atoms with E-state index in [4.69, 9.17) is 0 Å². The normalized spacial score (nSPS) is 24.0. The molecule has 2 aliphatic heterocycles. The predicted octanol–water partition coefficient (Wildman–Crippen LogP) is 2.56. The Bertz CT molecular complexity index is 1300. The fourth-order valence-corrected chi connectivity index (χ4v) is 7.25. The van der Waals surface area contributed by atoms with Crippen LogP contribution < -0.4 is 21.3 Å². The molecular formula is C35H63N7O7S. The summed E-state index contributed by atoms with van der Waals surface area (Å²) in [5, 5.41) is 11.1. The molecule has 5 atom stereocenters. The Kier molecular flexibility index (Phi) is 16.8. The minimum atomic E-state index is -3.73. The highest BCUT2D eigenvalue weighted by atomic mass is 32.2. The number of likely N-dealkylation sites (N-methyl/N-ethyl adjacent to an activating group) is 1. The minimum Gasteiger partial charge on any atom is -0.346 e. The summed E-state index contributed by atoms with van der Waals surface area (Å²) in [7, 11) is 0.598. The molecule has 0 aromatic carbocycles. The zero-order chi connectivity index (χ0) is 37.8. The largest absolute Gasteiger partial charge is 0.346 e. The number of carbonyl (C=O) groups excluding carboxylic acids is 5. The van der Waals surface area contributed by atoms with Crippen LogP contribution in [0.5, 0.6) is 0 Å². The SMILES string of the molecule is C=CCNC(=O)C(=O)[C@@H]1CCCCCCCCC[C@H](NC(=O)N[C@H](CN(C)S(=O)(=O)N(C)C)C(C)(C)C)C(=O)N2C[C@H](C(C)C)C[C@H]2C(=O)N1. The number of carbonyl (C=O) groups is 5. The second-order valence-electron chi connectivity index (χ2n) is 15.4. The monoisotopic (exact) mass is 725 g/mol. The molecule has 2 heterocycles. The maximum absolute atomic E-state index is 14.3. The molecule has 2 rings (SSSR count). The van der Waals surface area contributed by atoms with Crippen molar-refractivity contribution in [2.75, 3.05) is 40.8 Å². The number of nitrogens with zero attached hydrogens (tertiary/aromatic N) is 3. The van der Waals surface area contributed by atoms with Crippen LogP contribution in [-0.4, -0.2) is 116 Å². The van der Waals surface area contributed by atoms with E-state index in [1.807, 2.05) is 34.6 Å². The number of nitrogens with one attached hydrogen (secondary N) is 4. The molecule has 0 aromatic rings. The number of rotatable bonds is 11. The van der Waals surface area contributed by atoms with Crippen LogP contribution in [-0.2, 0) is 29.4 Å². The molecule has 5 amide bonds. The van der Waals surface area contributed by atoms with Gasteiger partial charge in [-0.1, -0.05) is 85.6 Å². The van der Waals surface area contributed by atoms with Crippen molar-refractivity contribution in [3.63, 3.8) is 0 Å². The Morgan fingerprint density at radius 2 is 1.58 bits per heavy atom. The molecule has 2 saturated heterocycles. The van der Waals surface area contributed by atoms with Gasteiger partial charge in [-0.25, -0.2) is 4.79 Å². The average Bonchev–Trinajstić information content (AvgIpc) is 3.49. The molecule has 0 aromatic heterocycles.